The Balaban J connectivity index is 1.90. The number of benzene rings is 2. The molecule has 2 aromatic rings. The van der Waals surface area contributed by atoms with Gasteiger partial charge in [-0.15, -0.1) is 0 Å². The molecule has 0 aliphatic rings. The number of ether oxygens (including phenoxy) is 1. The van der Waals surface area contributed by atoms with Crippen LogP contribution in [0.2, 0.25) is 5.02 Å². The van der Waals surface area contributed by atoms with Gasteiger partial charge in [-0.05, 0) is 37.1 Å². The molecule has 132 valence electrons. The summed E-state index contributed by atoms with van der Waals surface area (Å²) >= 11 is 6.10. The highest BCUT2D eigenvalue weighted by molar-refractivity contribution is 6.32. The lowest BCUT2D eigenvalue weighted by Crippen LogP contribution is -2.30. The average Bonchev–Trinajstić information content (AvgIpc) is 2.58. The van der Waals surface area contributed by atoms with Crippen molar-refractivity contribution in [3.63, 3.8) is 0 Å². The Morgan fingerprint density at radius 2 is 1.68 bits per heavy atom. The number of primary amides is 1. The molecule has 0 heterocycles. The quantitative estimate of drug-likeness (QED) is 0.622. The van der Waals surface area contributed by atoms with Gasteiger partial charge in [0, 0.05) is 13.0 Å². The highest BCUT2D eigenvalue weighted by Crippen LogP contribution is 2.33. The molecule has 0 atom stereocenters. The maximum atomic E-state index is 12.1. The van der Waals surface area contributed by atoms with Crippen LogP contribution in [-0.2, 0) is 4.79 Å². The van der Waals surface area contributed by atoms with Crippen LogP contribution >= 0.6 is 11.6 Å². The minimum absolute atomic E-state index is 0.130. The molecule has 6 nitrogen and oxygen atoms in total. The summed E-state index contributed by atoms with van der Waals surface area (Å²) in [6.45, 7) is 0.453. The van der Waals surface area contributed by atoms with Crippen molar-refractivity contribution in [2.24, 2.45) is 5.73 Å². The molecule has 4 N–H and O–H groups in total. The Morgan fingerprint density at radius 3 is 2.40 bits per heavy atom. The second-order valence-electron chi connectivity index (χ2n) is 5.32. The van der Waals surface area contributed by atoms with E-state index in [1.807, 2.05) is 24.3 Å². The molecule has 0 aliphatic carbocycles. The lowest BCUT2D eigenvalue weighted by Gasteiger charge is -2.13. The highest BCUT2D eigenvalue weighted by Gasteiger charge is 2.10. The molecule has 0 fully saturated rings. The number of hydrogen-bond acceptors (Lipinski definition) is 3. The van der Waals surface area contributed by atoms with Crippen molar-refractivity contribution < 1.29 is 14.3 Å². The fourth-order valence-corrected chi connectivity index (χ4v) is 2.31. The number of rotatable bonds is 8. The minimum atomic E-state index is -0.560. The molecule has 3 amide bonds. The lowest BCUT2D eigenvalue weighted by molar-refractivity contribution is -0.116. The number of halogens is 1. The number of nitrogens with two attached hydrogens (primary N) is 1. The molecule has 0 bridgehead atoms. The van der Waals surface area contributed by atoms with E-state index in [-0.39, 0.29) is 5.91 Å². The van der Waals surface area contributed by atoms with Crippen LogP contribution in [0, 0.1) is 0 Å². The molecule has 0 saturated heterocycles. The van der Waals surface area contributed by atoms with Gasteiger partial charge in [0.05, 0.1) is 10.7 Å². The summed E-state index contributed by atoms with van der Waals surface area (Å²) in [4.78, 5) is 22.6. The number of para-hydroxylation sites is 3. The average molecular weight is 362 g/mol. The number of hydrogen-bond donors (Lipinski definition) is 3. The normalized spacial score (nSPS) is 10.1. The monoisotopic (exact) mass is 361 g/mol. The molecule has 2 rings (SSSR count). The third-order valence-corrected chi connectivity index (χ3v) is 3.66. The fourth-order valence-electron chi connectivity index (χ4n) is 2.14. The van der Waals surface area contributed by atoms with E-state index in [1.165, 1.54) is 0 Å². The van der Waals surface area contributed by atoms with Gasteiger partial charge in [-0.25, -0.2) is 4.79 Å². The van der Waals surface area contributed by atoms with E-state index in [4.69, 9.17) is 22.1 Å². The molecule has 0 unspecified atom stereocenters. The zero-order chi connectivity index (χ0) is 18.1. The first-order valence-electron chi connectivity index (χ1n) is 7.91. The Morgan fingerprint density at radius 1 is 1.00 bits per heavy atom. The fraction of sp³-hybridized carbons (Fsp3) is 0.222. The van der Waals surface area contributed by atoms with E-state index in [1.54, 1.807) is 24.3 Å². The number of unbranched alkanes of at least 4 members (excludes halogenated alkanes) is 1. The van der Waals surface area contributed by atoms with E-state index in [0.717, 1.165) is 0 Å². The summed E-state index contributed by atoms with van der Waals surface area (Å²) in [5.41, 5.74) is 5.55. The summed E-state index contributed by atoms with van der Waals surface area (Å²) in [5, 5.41) is 5.81. The first-order valence-corrected chi connectivity index (χ1v) is 8.28. The van der Waals surface area contributed by atoms with Gasteiger partial charge in [0.25, 0.3) is 0 Å². The summed E-state index contributed by atoms with van der Waals surface area (Å²) in [6, 6.07) is 13.7. The summed E-state index contributed by atoms with van der Waals surface area (Å²) < 4.78 is 5.80. The summed E-state index contributed by atoms with van der Waals surface area (Å²) in [6.07, 6.45) is 1.65. The van der Waals surface area contributed by atoms with Crippen LogP contribution in [-0.4, -0.2) is 18.5 Å². The molecular formula is C18H20ClN3O3. The number of carbonyl (C=O) groups excluding carboxylic acids is 2. The van der Waals surface area contributed by atoms with Gasteiger partial charge in [0.2, 0.25) is 5.91 Å². The van der Waals surface area contributed by atoms with E-state index in [9.17, 15) is 9.59 Å². The van der Waals surface area contributed by atoms with Gasteiger partial charge < -0.3 is 21.1 Å². The van der Waals surface area contributed by atoms with Crippen LogP contribution in [0.1, 0.15) is 19.3 Å². The number of carbonyl (C=O) groups is 2. The topological polar surface area (TPSA) is 93.5 Å². The van der Waals surface area contributed by atoms with Crippen LogP contribution in [0.5, 0.6) is 11.5 Å². The number of anilines is 1. The van der Waals surface area contributed by atoms with Gasteiger partial charge in [-0.2, -0.15) is 0 Å². The molecule has 2 aromatic carbocycles. The first kappa shape index (κ1) is 18.6. The van der Waals surface area contributed by atoms with Crippen molar-refractivity contribution in [2.75, 3.05) is 11.9 Å². The van der Waals surface area contributed by atoms with Crippen molar-refractivity contribution in [3.8, 4) is 11.5 Å². The standard InChI is InChI=1S/C18H20ClN3O3/c19-13-7-1-3-9-15(13)25-16-10-4-2-8-14(16)22-17(23)11-5-6-12-21-18(20)24/h1-4,7-10H,5-6,11-12H2,(H,22,23)(H3,20,21,24). The Bertz CT molecular complexity index is 737. The van der Waals surface area contributed by atoms with E-state index >= 15 is 0 Å². The van der Waals surface area contributed by atoms with Crippen molar-refractivity contribution in [1.29, 1.82) is 0 Å². The Labute approximate surface area is 151 Å². The number of amides is 3. The van der Waals surface area contributed by atoms with E-state index in [0.29, 0.717) is 48.0 Å². The predicted octanol–water partition coefficient (Wildman–Crippen LogP) is 3.91. The van der Waals surface area contributed by atoms with Crippen molar-refractivity contribution in [3.05, 3.63) is 53.6 Å². The zero-order valence-electron chi connectivity index (χ0n) is 13.6. The van der Waals surface area contributed by atoms with Gasteiger partial charge in [-0.3, -0.25) is 4.79 Å². The summed E-state index contributed by atoms with van der Waals surface area (Å²) in [7, 11) is 0. The van der Waals surface area contributed by atoms with Gasteiger partial charge in [0.1, 0.15) is 5.75 Å². The van der Waals surface area contributed by atoms with Crippen molar-refractivity contribution >= 4 is 29.2 Å². The molecule has 0 aliphatic heterocycles. The minimum Gasteiger partial charge on any atom is -0.454 e. The van der Waals surface area contributed by atoms with E-state index in [2.05, 4.69) is 10.6 Å². The van der Waals surface area contributed by atoms with Crippen LogP contribution in [0.15, 0.2) is 48.5 Å². The molecule has 7 heteroatoms. The SMILES string of the molecule is NC(=O)NCCCCC(=O)Nc1ccccc1Oc1ccccc1Cl. The Kier molecular flexibility index (Phi) is 7.10. The van der Waals surface area contributed by atoms with Crippen LogP contribution in [0.4, 0.5) is 10.5 Å². The second kappa shape index (κ2) is 9.54. The van der Waals surface area contributed by atoms with E-state index < -0.39 is 6.03 Å². The van der Waals surface area contributed by atoms with Crippen LogP contribution in [0.25, 0.3) is 0 Å². The van der Waals surface area contributed by atoms with Crippen molar-refractivity contribution in [1.82, 2.24) is 5.32 Å². The van der Waals surface area contributed by atoms with Crippen molar-refractivity contribution in [2.45, 2.75) is 19.3 Å². The van der Waals surface area contributed by atoms with Crippen LogP contribution < -0.4 is 21.1 Å². The molecule has 0 aromatic heterocycles. The number of urea groups is 1. The maximum Gasteiger partial charge on any atom is 0.312 e. The molecule has 0 saturated carbocycles. The smallest absolute Gasteiger partial charge is 0.312 e. The lowest BCUT2D eigenvalue weighted by atomic mass is 10.2. The molecular weight excluding hydrogens is 342 g/mol. The van der Waals surface area contributed by atoms with Gasteiger partial charge in [-0.1, -0.05) is 35.9 Å². The summed E-state index contributed by atoms with van der Waals surface area (Å²) in [5.74, 6) is 0.900. The number of nitrogens with one attached hydrogen (secondary N) is 2. The first-order chi connectivity index (χ1) is 12.1. The second-order valence-corrected chi connectivity index (χ2v) is 5.73. The predicted molar refractivity (Wildman–Crippen MR) is 98.0 cm³/mol. The molecule has 0 spiro atoms. The zero-order valence-corrected chi connectivity index (χ0v) is 14.4. The third kappa shape index (κ3) is 6.35. The maximum absolute atomic E-state index is 12.1. The molecule has 0 radical (unpaired) electrons. The van der Waals surface area contributed by atoms with Crippen LogP contribution in [0.3, 0.4) is 0 Å². The highest BCUT2D eigenvalue weighted by atomic mass is 35.5. The van der Waals surface area contributed by atoms with Gasteiger partial charge in [0.15, 0.2) is 5.75 Å². The largest absolute Gasteiger partial charge is 0.454 e. The molecule has 25 heavy (non-hydrogen) atoms. The Hall–Kier alpha value is -2.73. The van der Waals surface area contributed by atoms with Gasteiger partial charge >= 0.3 is 6.03 Å². The third-order valence-electron chi connectivity index (χ3n) is 3.35.